The molecule has 34 heavy (non-hydrogen) atoms. The molecule has 4 aromatic rings. The van der Waals surface area contributed by atoms with Gasteiger partial charge in [0, 0.05) is 43.1 Å². The van der Waals surface area contributed by atoms with Crippen LogP contribution in [-0.4, -0.2) is 56.2 Å². The van der Waals surface area contributed by atoms with Gasteiger partial charge in [0.2, 0.25) is 5.95 Å². The van der Waals surface area contributed by atoms with Gasteiger partial charge in [0.1, 0.15) is 11.4 Å². The first-order valence-corrected chi connectivity index (χ1v) is 11.3. The van der Waals surface area contributed by atoms with Crippen molar-refractivity contribution in [3.05, 3.63) is 81.6 Å². The topological polar surface area (TPSA) is 87.1 Å². The maximum atomic E-state index is 14.9. The molecule has 1 atom stereocenters. The molecule has 0 spiro atoms. The average Bonchev–Trinajstić information content (AvgIpc) is 3.28. The van der Waals surface area contributed by atoms with Crippen LogP contribution in [0, 0.1) is 5.82 Å². The van der Waals surface area contributed by atoms with Crippen molar-refractivity contribution in [3.63, 3.8) is 0 Å². The van der Waals surface area contributed by atoms with Crippen molar-refractivity contribution in [1.82, 2.24) is 24.6 Å². The minimum Gasteiger partial charge on any atom is -0.340 e. The van der Waals surface area contributed by atoms with Gasteiger partial charge in [-0.2, -0.15) is 5.10 Å². The zero-order valence-electron chi connectivity index (χ0n) is 18.4. The number of amides is 1. The molecule has 0 aliphatic carbocycles. The van der Waals surface area contributed by atoms with Crippen molar-refractivity contribution in [2.24, 2.45) is 0 Å². The Hall–Kier alpha value is -3.72. The molecule has 2 aromatic carbocycles. The quantitative estimate of drug-likeness (QED) is 0.483. The summed E-state index contributed by atoms with van der Waals surface area (Å²) < 4.78 is 16.4. The highest BCUT2D eigenvalue weighted by Gasteiger charge is 2.30. The Bertz CT molecular complexity index is 1420. The molecule has 5 rings (SSSR count). The number of nitrogens with zero attached hydrogens (tertiary/aromatic N) is 5. The van der Waals surface area contributed by atoms with Crippen molar-refractivity contribution in [1.29, 1.82) is 0 Å². The third-order valence-electron chi connectivity index (χ3n) is 6.13. The fourth-order valence-corrected chi connectivity index (χ4v) is 4.46. The van der Waals surface area contributed by atoms with Crippen LogP contribution < -0.4 is 10.5 Å². The van der Waals surface area contributed by atoms with E-state index in [1.165, 1.54) is 10.7 Å². The number of aromatic nitrogens is 4. The monoisotopic (exact) mass is 480 g/mol. The van der Waals surface area contributed by atoms with Gasteiger partial charge in [-0.1, -0.05) is 17.7 Å². The summed E-state index contributed by atoms with van der Waals surface area (Å²) in [5.41, 5.74) is 0.648. The third kappa shape index (κ3) is 4.03. The first-order chi connectivity index (χ1) is 16.4. The molecule has 1 aliphatic heterocycles. The Balaban J connectivity index is 1.43. The molecule has 8 nitrogen and oxygen atoms in total. The lowest BCUT2D eigenvalue weighted by Crippen LogP contribution is -2.41. The lowest BCUT2D eigenvalue weighted by atomic mass is 10.1. The smallest absolute Gasteiger partial charge is 0.260 e. The molecule has 1 saturated heterocycles. The molecule has 1 fully saturated rings. The van der Waals surface area contributed by atoms with Crippen molar-refractivity contribution in [2.75, 3.05) is 24.5 Å². The summed E-state index contributed by atoms with van der Waals surface area (Å²) >= 11 is 6.01. The lowest BCUT2D eigenvalue weighted by molar-refractivity contribution is 0.0700. The molecule has 1 aliphatic rings. The van der Waals surface area contributed by atoms with E-state index in [1.54, 1.807) is 53.7 Å². The van der Waals surface area contributed by atoms with Gasteiger partial charge in [0.05, 0.1) is 16.6 Å². The van der Waals surface area contributed by atoms with E-state index in [0.717, 1.165) is 0 Å². The Kier molecular flexibility index (Phi) is 5.79. The van der Waals surface area contributed by atoms with Crippen molar-refractivity contribution in [2.45, 2.75) is 19.4 Å². The van der Waals surface area contributed by atoms with Crippen LogP contribution in [0.5, 0.6) is 0 Å². The number of fused-ring (bicyclic) bond motifs is 1. The molecule has 174 valence electrons. The number of halogens is 2. The molecule has 1 N–H and O–H groups in total. The maximum Gasteiger partial charge on any atom is 0.260 e. The molecule has 0 bridgehead atoms. The van der Waals surface area contributed by atoms with Gasteiger partial charge >= 0.3 is 0 Å². The highest BCUT2D eigenvalue weighted by Crippen LogP contribution is 2.24. The summed E-state index contributed by atoms with van der Waals surface area (Å²) in [6.45, 7) is 3.30. The number of hydrogen-bond donors (Lipinski definition) is 1. The van der Waals surface area contributed by atoms with Crippen molar-refractivity contribution in [3.8, 4) is 5.69 Å². The lowest BCUT2D eigenvalue weighted by Gasteiger charge is -2.27. The van der Waals surface area contributed by atoms with E-state index in [1.807, 2.05) is 11.8 Å². The summed E-state index contributed by atoms with van der Waals surface area (Å²) in [5.74, 6) is -0.553. The van der Waals surface area contributed by atoms with Gasteiger partial charge in [-0.3, -0.25) is 14.6 Å². The van der Waals surface area contributed by atoms with E-state index in [2.05, 4.69) is 15.1 Å². The van der Waals surface area contributed by atoms with Crippen LogP contribution in [0.4, 0.5) is 10.3 Å². The summed E-state index contributed by atoms with van der Waals surface area (Å²) in [4.78, 5) is 37.2. The van der Waals surface area contributed by atoms with Crippen LogP contribution in [0.1, 0.15) is 23.7 Å². The van der Waals surface area contributed by atoms with Gasteiger partial charge < -0.3 is 9.80 Å². The van der Waals surface area contributed by atoms with E-state index in [0.29, 0.717) is 53.6 Å². The van der Waals surface area contributed by atoms with Crippen LogP contribution in [0.25, 0.3) is 16.6 Å². The highest BCUT2D eigenvalue weighted by molar-refractivity contribution is 6.31. The number of carbonyl (C=O) groups is 1. The maximum absolute atomic E-state index is 14.9. The minimum atomic E-state index is -0.592. The van der Waals surface area contributed by atoms with Gasteiger partial charge in [-0.05, 0) is 49.7 Å². The van der Waals surface area contributed by atoms with E-state index in [4.69, 9.17) is 11.6 Å². The van der Waals surface area contributed by atoms with Gasteiger partial charge in [-0.25, -0.2) is 14.1 Å². The Morgan fingerprint density at radius 3 is 2.82 bits per heavy atom. The number of benzene rings is 2. The molecular weight excluding hydrogens is 459 g/mol. The van der Waals surface area contributed by atoms with Crippen molar-refractivity contribution >= 4 is 34.4 Å². The molecule has 0 saturated carbocycles. The summed E-state index contributed by atoms with van der Waals surface area (Å²) in [6, 6.07) is 11.1. The number of rotatable bonds is 3. The fraction of sp³-hybridized carbons (Fsp3) is 0.250. The number of aromatic amines is 1. The average molecular weight is 481 g/mol. The zero-order chi connectivity index (χ0) is 23.8. The van der Waals surface area contributed by atoms with Gasteiger partial charge in [-0.15, -0.1) is 0 Å². The number of hydrogen-bond acceptors (Lipinski definition) is 5. The normalized spacial score (nSPS) is 16.6. The fourth-order valence-electron chi connectivity index (χ4n) is 4.29. The zero-order valence-corrected chi connectivity index (χ0v) is 19.2. The molecule has 0 radical (unpaired) electrons. The molecule has 1 amide bonds. The first-order valence-electron chi connectivity index (χ1n) is 11.0. The number of carbonyl (C=O) groups excluding carboxylic acids is 1. The number of nitrogens with one attached hydrogen (secondary N) is 1. The summed E-state index contributed by atoms with van der Waals surface area (Å²) in [5, 5.41) is 5.05. The standard InChI is InChI=1S/C24H22ClFN6O2/c1-15-8-11-30(24-28-19-7-6-16(25)14-17(19)22(33)29-24)12-13-31(15)23(34)21-18(26)4-2-5-20(21)32-10-3-9-27-32/h2-7,9-10,14-15H,8,11-13H2,1H3,(H,28,29,33). The van der Waals surface area contributed by atoms with E-state index < -0.39 is 11.7 Å². The predicted molar refractivity (Wildman–Crippen MR) is 128 cm³/mol. The second-order valence-corrected chi connectivity index (χ2v) is 8.70. The minimum absolute atomic E-state index is 0.0133. The van der Waals surface area contributed by atoms with Crippen LogP contribution in [0.15, 0.2) is 59.7 Å². The van der Waals surface area contributed by atoms with Gasteiger partial charge in [0.25, 0.3) is 11.5 Å². The van der Waals surface area contributed by atoms with E-state index in [-0.39, 0.29) is 17.2 Å². The highest BCUT2D eigenvalue weighted by atomic mass is 35.5. The predicted octanol–water partition coefficient (Wildman–Crippen LogP) is 3.64. The SMILES string of the molecule is CC1CCN(c2nc3ccc(Cl)cc3c(=O)[nH]2)CCN1C(=O)c1c(F)cccc1-n1cccn1. The number of H-pyrrole nitrogens is 1. The molecule has 2 aromatic heterocycles. The molecule has 1 unspecified atom stereocenters. The number of anilines is 1. The summed E-state index contributed by atoms with van der Waals surface area (Å²) in [6.07, 6.45) is 3.88. The summed E-state index contributed by atoms with van der Waals surface area (Å²) in [7, 11) is 0. The van der Waals surface area contributed by atoms with Crippen LogP contribution >= 0.6 is 11.6 Å². The van der Waals surface area contributed by atoms with E-state index in [9.17, 15) is 14.0 Å². The van der Waals surface area contributed by atoms with Crippen LogP contribution in [0.3, 0.4) is 0 Å². The molecular formula is C24H22ClFN6O2. The first kappa shape index (κ1) is 22.1. The molecule has 3 heterocycles. The largest absolute Gasteiger partial charge is 0.340 e. The van der Waals surface area contributed by atoms with E-state index >= 15 is 0 Å². The Labute approximate surface area is 199 Å². The van der Waals surface area contributed by atoms with Crippen molar-refractivity contribution < 1.29 is 9.18 Å². The van der Waals surface area contributed by atoms with Crippen LogP contribution in [-0.2, 0) is 0 Å². The van der Waals surface area contributed by atoms with Gasteiger partial charge in [0.15, 0.2) is 0 Å². The third-order valence-corrected chi connectivity index (χ3v) is 6.37. The molecule has 10 heteroatoms. The second-order valence-electron chi connectivity index (χ2n) is 8.26. The Morgan fingerprint density at radius 2 is 2.03 bits per heavy atom. The second kappa shape index (κ2) is 8.90. The van der Waals surface area contributed by atoms with Crippen LogP contribution in [0.2, 0.25) is 5.02 Å². The Morgan fingerprint density at radius 1 is 1.18 bits per heavy atom.